The highest BCUT2D eigenvalue weighted by Gasteiger charge is 2.49. The number of carboxylic acids is 1. The molecule has 3 heteroatoms. The van der Waals surface area contributed by atoms with Crippen molar-refractivity contribution in [2.75, 3.05) is 13.7 Å². The Bertz CT molecular complexity index is 477. The van der Waals surface area contributed by atoms with E-state index in [4.69, 9.17) is 4.74 Å². The third-order valence-corrected chi connectivity index (χ3v) is 4.61. The Morgan fingerprint density at radius 1 is 1.40 bits per heavy atom. The standard InChI is InChI=1S/C17H24O3/c1-12(11-20-3)13(2)15-6-4-5-14(9-15)10-17(7-8-17)16(18)19/h4-6,9,12-13H,7-8,10-11H2,1-3H3,(H,18,19)/t12-,13?/m1/s1. The molecule has 0 saturated heterocycles. The molecule has 0 radical (unpaired) electrons. The quantitative estimate of drug-likeness (QED) is 0.829. The average Bonchev–Trinajstić information content (AvgIpc) is 3.19. The van der Waals surface area contributed by atoms with Gasteiger partial charge in [-0.25, -0.2) is 0 Å². The van der Waals surface area contributed by atoms with Crippen LogP contribution in [-0.2, 0) is 16.0 Å². The maximum absolute atomic E-state index is 11.3. The molecule has 1 aliphatic carbocycles. The number of aliphatic carboxylic acids is 1. The maximum Gasteiger partial charge on any atom is 0.309 e. The van der Waals surface area contributed by atoms with Crippen LogP contribution in [0, 0.1) is 11.3 Å². The van der Waals surface area contributed by atoms with Gasteiger partial charge in [0.05, 0.1) is 5.41 Å². The Morgan fingerprint density at radius 3 is 2.65 bits per heavy atom. The molecule has 110 valence electrons. The molecule has 1 unspecified atom stereocenters. The van der Waals surface area contributed by atoms with Crippen molar-refractivity contribution in [3.05, 3.63) is 35.4 Å². The monoisotopic (exact) mass is 276 g/mol. The van der Waals surface area contributed by atoms with Crippen LogP contribution in [0.2, 0.25) is 0 Å². The second kappa shape index (κ2) is 5.96. The van der Waals surface area contributed by atoms with E-state index in [1.54, 1.807) is 7.11 Å². The number of rotatable bonds is 7. The van der Waals surface area contributed by atoms with Crippen molar-refractivity contribution in [1.29, 1.82) is 0 Å². The molecule has 0 spiro atoms. The minimum Gasteiger partial charge on any atom is -0.481 e. The zero-order chi connectivity index (χ0) is 14.8. The smallest absolute Gasteiger partial charge is 0.309 e. The summed E-state index contributed by atoms with van der Waals surface area (Å²) in [6.07, 6.45) is 2.27. The second-order valence-electron chi connectivity index (χ2n) is 6.23. The number of hydrogen-bond donors (Lipinski definition) is 1. The van der Waals surface area contributed by atoms with Crippen LogP contribution in [0.25, 0.3) is 0 Å². The van der Waals surface area contributed by atoms with Gasteiger partial charge in [0.1, 0.15) is 0 Å². The molecule has 20 heavy (non-hydrogen) atoms. The molecule has 0 aliphatic heterocycles. The lowest BCUT2D eigenvalue weighted by molar-refractivity contribution is -0.143. The summed E-state index contributed by atoms with van der Waals surface area (Å²) in [5, 5.41) is 9.29. The van der Waals surface area contributed by atoms with E-state index in [0.717, 1.165) is 25.0 Å². The Balaban J connectivity index is 2.10. The number of benzene rings is 1. The number of carboxylic acid groups (broad SMARTS) is 1. The molecule has 1 saturated carbocycles. The van der Waals surface area contributed by atoms with E-state index >= 15 is 0 Å². The minimum atomic E-state index is -0.649. The fourth-order valence-corrected chi connectivity index (χ4v) is 2.73. The summed E-state index contributed by atoms with van der Waals surface area (Å²) in [6.45, 7) is 5.12. The Hall–Kier alpha value is -1.35. The molecule has 2 atom stereocenters. The van der Waals surface area contributed by atoms with Crippen LogP contribution >= 0.6 is 0 Å². The van der Waals surface area contributed by atoms with E-state index in [-0.39, 0.29) is 0 Å². The van der Waals surface area contributed by atoms with Gasteiger partial charge in [-0.15, -0.1) is 0 Å². The topological polar surface area (TPSA) is 46.5 Å². The summed E-state index contributed by atoms with van der Waals surface area (Å²) in [6, 6.07) is 8.37. The molecule has 1 aliphatic rings. The largest absolute Gasteiger partial charge is 0.481 e. The molecule has 0 amide bonds. The van der Waals surface area contributed by atoms with Gasteiger partial charge < -0.3 is 9.84 Å². The summed E-state index contributed by atoms with van der Waals surface area (Å²) in [5.41, 5.74) is 1.92. The molecular formula is C17H24O3. The van der Waals surface area contributed by atoms with E-state index in [1.165, 1.54) is 5.56 Å². The fourth-order valence-electron chi connectivity index (χ4n) is 2.73. The predicted octanol–water partition coefficient (Wildman–Crippen LogP) is 3.48. The highest BCUT2D eigenvalue weighted by atomic mass is 16.5. The van der Waals surface area contributed by atoms with Gasteiger partial charge in [0.15, 0.2) is 0 Å². The van der Waals surface area contributed by atoms with Gasteiger partial charge in [0, 0.05) is 13.7 Å². The molecule has 2 rings (SSSR count). The van der Waals surface area contributed by atoms with Gasteiger partial charge in [-0.2, -0.15) is 0 Å². The molecule has 1 aromatic rings. The predicted molar refractivity (Wildman–Crippen MR) is 78.9 cm³/mol. The van der Waals surface area contributed by atoms with Gasteiger partial charge in [-0.05, 0) is 42.2 Å². The van der Waals surface area contributed by atoms with Gasteiger partial charge >= 0.3 is 5.97 Å². The SMILES string of the molecule is COC[C@@H](C)C(C)c1cccc(CC2(C(=O)O)CC2)c1. The molecule has 1 N–H and O–H groups in total. The van der Waals surface area contributed by atoms with Gasteiger partial charge in [-0.3, -0.25) is 4.79 Å². The Kier molecular flexibility index (Phi) is 4.48. The van der Waals surface area contributed by atoms with Crippen LogP contribution in [0.1, 0.15) is 43.7 Å². The van der Waals surface area contributed by atoms with Crippen LogP contribution in [-0.4, -0.2) is 24.8 Å². The first kappa shape index (κ1) is 15.0. The van der Waals surface area contributed by atoms with Gasteiger partial charge in [-0.1, -0.05) is 38.1 Å². The third-order valence-electron chi connectivity index (χ3n) is 4.61. The van der Waals surface area contributed by atoms with Crippen molar-refractivity contribution in [3.8, 4) is 0 Å². The minimum absolute atomic E-state index is 0.412. The van der Waals surface area contributed by atoms with Gasteiger partial charge in [0.25, 0.3) is 0 Å². The van der Waals surface area contributed by atoms with E-state index in [2.05, 4.69) is 26.0 Å². The van der Waals surface area contributed by atoms with Crippen LogP contribution < -0.4 is 0 Å². The maximum atomic E-state index is 11.3. The lowest BCUT2D eigenvalue weighted by atomic mass is 9.87. The Morgan fingerprint density at radius 2 is 2.10 bits per heavy atom. The molecule has 1 fully saturated rings. The Labute approximate surface area is 121 Å². The molecule has 1 aromatic carbocycles. The van der Waals surface area contributed by atoms with Crippen molar-refractivity contribution in [3.63, 3.8) is 0 Å². The molecule has 0 bridgehead atoms. The summed E-state index contributed by atoms with van der Waals surface area (Å²) in [4.78, 5) is 11.3. The highest BCUT2D eigenvalue weighted by Crippen LogP contribution is 2.48. The van der Waals surface area contributed by atoms with Gasteiger partial charge in [0.2, 0.25) is 0 Å². The van der Waals surface area contributed by atoms with Crippen LogP contribution in [0.3, 0.4) is 0 Å². The van der Waals surface area contributed by atoms with E-state index < -0.39 is 11.4 Å². The van der Waals surface area contributed by atoms with Crippen LogP contribution in [0.4, 0.5) is 0 Å². The van der Waals surface area contributed by atoms with E-state index in [9.17, 15) is 9.90 Å². The second-order valence-corrected chi connectivity index (χ2v) is 6.23. The first-order valence-electron chi connectivity index (χ1n) is 7.30. The zero-order valence-corrected chi connectivity index (χ0v) is 12.6. The van der Waals surface area contributed by atoms with Crippen LogP contribution in [0.5, 0.6) is 0 Å². The van der Waals surface area contributed by atoms with Crippen molar-refractivity contribution in [2.24, 2.45) is 11.3 Å². The molecule has 0 aromatic heterocycles. The normalized spacial score (nSPS) is 19.4. The van der Waals surface area contributed by atoms with E-state index in [0.29, 0.717) is 18.3 Å². The number of methoxy groups -OCH3 is 1. The van der Waals surface area contributed by atoms with Crippen molar-refractivity contribution in [2.45, 2.75) is 39.0 Å². The molecular weight excluding hydrogens is 252 g/mol. The molecule has 0 heterocycles. The fraction of sp³-hybridized carbons (Fsp3) is 0.588. The summed E-state index contributed by atoms with van der Waals surface area (Å²) >= 11 is 0. The number of hydrogen-bond acceptors (Lipinski definition) is 2. The van der Waals surface area contributed by atoms with Crippen molar-refractivity contribution in [1.82, 2.24) is 0 Å². The number of carbonyl (C=O) groups is 1. The first-order chi connectivity index (χ1) is 9.48. The number of ether oxygens (including phenoxy) is 1. The molecule has 3 nitrogen and oxygen atoms in total. The van der Waals surface area contributed by atoms with Crippen LogP contribution in [0.15, 0.2) is 24.3 Å². The first-order valence-corrected chi connectivity index (χ1v) is 7.30. The van der Waals surface area contributed by atoms with Crippen molar-refractivity contribution >= 4 is 5.97 Å². The lowest BCUT2D eigenvalue weighted by Crippen LogP contribution is -2.18. The van der Waals surface area contributed by atoms with Crippen molar-refractivity contribution < 1.29 is 14.6 Å². The summed E-state index contributed by atoms with van der Waals surface area (Å²) < 4.78 is 5.22. The summed E-state index contributed by atoms with van der Waals surface area (Å²) in [5.74, 6) is 0.211. The lowest BCUT2D eigenvalue weighted by Gasteiger charge is -2.20. The highest BCUT2D eigenvalue weighted by molar-refractivity contribution is 5.78. The van der Waals surface area contributed by atoms with E-state index in [1.807, 2.05) is 12.1 Å². The average molecular weight is 276 g/mol. The third kappa shape index (κ3) is 3.21. The summed E-state index contributed by atoms with van der Waals surface area (Å²) in [7, 11) is 1.73. The zero-order valence-electron chi connectivity index (χ0n) is 12.6.